The Bertz CT molecular complexity index is 466. The summed E-state index contributed by atoms with van der Waals surface area (Å²) in [6, 6.07) is 0. The Balaban J connectivity index is -0.000000523. The molecule has 0 aromatic carbocycles. The molecule has 0 aliphatic carbocycles. The average molecular weight is 801 g/mol. The van der Waals surface area contributed by atoms with Crippen molar-refractivity contribution < 1.29 is 101 Å². The van der Waals surface area contributed by atoms with Crippen molar-refractivity contribution in [3.63, 3.8) is 0 Å². The molecule has 14 nitrogen and oxygen atoms in total. The van der Waals surface area contributed by atoms with E-state index in [1.807, 2.05) is 0 Å². The first kappa shape index (κ1) is 42.8. The summed E-state index contributed by atoms with van der Waals surface area (Å²) in [4.78, 5) is 50.2. The number of carbonyl (C=O) groups excluding carboxylic acids is 3. The Labute approximate surface area is 240 Å². The van der Waals surface area contributed by atoms with Gasteiger partial charge in [0.05, 0.1) is 24.5 Å². The van der Waals surface area contributed by atoms with E-state index in [0.717, 1.165) is 0 Å². The number of nitrogens with zero attached hydrogens (tertiary/aromatic N) is 4. The topological polar surface area (TPSA) is 238 Å². The van der Waals surface area contributed by atoms with Crippen LogP contribution in [-0.2, 0) is 40.2 Å². The molecule has 1 rings (SSSR count). The molecule has 0 aromatic rings. The van der Waals surface area contributed by atoms with Crippen LogP contribution in [0.15, 0.2) is 0 Å². The molecule has 1 aliphatic rings. The number of aliphatic carboxylic acids is 4. The van der Waals surface area contributed by atoms with E-state index < -0.39 is 23.9 Å². The standard InChI is InChI=1S/C16H28N4O8.CH3.Gd.2H2N.Pt/c21-13(22)9-17-1-2-18(10-14(23)24)5-6-20(12-16(27)28)8-7-19(4-3-17)11-15(25)26;;;;;/h1-12H2,(H,21,22)(H,23,24)(H,25,26)(H,27,28);1H3;;2*1H2;/q;-1;;2*-1;/p-3. The van der Waals surface area contributed by atoms with E-state index in [1.165, 1.54) is 4.90 Å². The van der Waals surface area contributed by atoms with Crippen molar-refractivity contribution >= 4 is 23.9 Å². The zero-order valence-electron chi connectivity index (χ0n) is 18.4. The molecule has 1 saturated heterocycles. The molecule has 0 amide bonds. The third-order valence-electron chi connectivity index (χ3n) is 4.35. The second kappa shape index (κ2) is 23.4. The second-order valence-electron chi connectivity index (χ2n) is 6.61. The number of rotatable bonds is 8. The van der Waals surface area contributed by atoms with Crippen molar-refractivity contribution in [1.82, 2.24) is 19.6 Å². The Morgan fingerprint density at radius 3 is 0.909 bits per heavy atom. The van der Waals surface area contributed by atoms with Crippen molar-refractivity contribution in [3.05, 3.63) is 19.7 Å². The normalized spacial score (nSPS) is 16.5. The van der Waals surface area contributed by atoms with Gasteiger partial charge in [0.1, 0.15) is 0 Å². The minimum absolute atomic E-state index is 0. The zero-order chi connectivity index (χ0) is 21.1. The molecule has 0 spiro atoms. The third-order valence-corrected chi connectivity index (χ3v) is 4.35. The minimum atomic E-state index is -1.29. The van der Waals surface area contributed by atoms with Crippen LogP contribution in [0.5, 0.6) is 0 Å². The smallest absolute Gasteiger partial charge is 0.317 e. The van der Waals surface area contributed by atoms with Gasteiger partial charge in [-0.15, -0.1) is 0 Å². The number of carboxylic acid groups (broad SMARTS) is 4. The van der Waals surface area contributed by atoms with Crippen LogP contribution in [0, 0.1) is 47.4 Å². The van der Waals surface area contributed by atoms with E-state index in [4.69, 9.17) is 5.11 Å². The number of hydrogen-bond donors (Lipinski definition) is 1. The fourth-order valence-electron chi connectivity index (χ4n) is 2.95. The molecule has 0 bridgehead atoms. The number of carboxylic acids is 4. The van der Waals surface area contributed by atoms with Gasteiger partial charge < -0.3 is 54.5 Å². The van der Waals surface area contributed by atoms with Crippen molar-refractivity contribution in [3.8, 4) is 0 Å². The van der Waals surface area contributed by atoms with E-state index in [0.29, 0.717) is 0 Å². The van der Waals surface area contributed by atoms with Gasteiger partial charge in [-0.1, -0.05) is 0 Å². The van der Waals surface area contributed by atoms with Gasteiger partial charge in [0.15, 0.2) is 0 Å². The average Bonchev–Trinajstić information content (AvgIpc) is 2.55. The zero-order valence-corrected chi connectivity index (χ0v) is 22.9. The summed E-state index contributed by atoms with van der Waals surface area (Å²) < 4.78 is 0. The summed E-state index contributed by atoms with van der Waals surface area (Å²) in [6.45, 7) is 0.497. The van der Waals surface area contributed by atoms with Crippen molar-refractivity contribution in [2.24, 2.45) is 0 Å². The van der Waals surface area contributed by atoms with E-state index in [-0.39, 0.29) is 159 Å². The van der Waals surface area contributed by atoms with Gasteiger partial charge in [-0.3, -0.25) is 24.4 Å². The van der Waals surface area contributed by atoms with E-state index >= 15 is 0 Å². The van der Waals surface area contributed by atoms with Crippen LogP contribution in [0.1, 0.15) is 0 Å². The molecule has 0 radical (unpaired) electrons. The maximum absolute atomic E-state index is 11.1. The van der Waals surface area contributed by atoms with Gasteiger partial charge in [-0.05, 0) is 0 Å². The van der Waals surface area contributed by atoms with Crippen LogP contribution in [0.4, 0.5) is 0 Å². The molecule has 0 unspecified atom stereocenters. The van der Waals surface area contributed by atoms with Gasteiger partial charge in [0, 0.05) is 133 Å². The number of nitrogens with two attached hydrogens (primary N) is 2. The Morgan fingerprint density at radius 2 is 0.758 bits per heavy atom. The molecule has 0 atom stereocenters. The van der Waals surface area contributed by atoms with Gasteiger partial charge in [0.25, 0.3) is 0 Å². The summed E-state index contributed by atoms with van der Waals surface area (Å²) in [6.07, 6.45) is 0. The summed E-state index contributed by atoms with van der Waals surface area (Å²) in [5.74, 6) is -4.92. The van der Waals surface area contributed by atoms with Crippen LogP contribution >= 0.6 is 0 Å². The fraction of sp³-hybridized carbons (Fsp3) is 0.706. The van der Waals surface area contributed by atoms with Crippen molar-refractivity contribution in [1.29, 1.82) is 0 Å². The summed E-state index contributed by atoms with van der Waals surface area (Å²) >= 11 is 0. The van der Waals surface area contributed by atoms with Gasteiger partial charge in [-0.25, -0.2) is 0 Å². The molecular formula is C17H32GdN6O8Pt-6. The van der Waals surface area contributed by atoms with Crippen molar-refractivity contribution in [2.75, 3.05) is 78.5 Å². The molecule has 1 fully saturated rings. The molecule has 1 aliphatic heterocycles. The Kier molecular flexibility index (Phi) is 30.3. The summed E-state index contributed by atoms with van der Waals surface area (Å²) in [7, 11) is 0. The first-order chi connectivity index (χ1) is 13.2. The monoisotopic (exact) mass is 801 g/mol. The number of hydrogen-bond acceptors (Lipinski definition) is 11. The minimum Gasteiger partial charge on any atom is -0.693 e. The van der Waals surface area contributed by atoms with Gasteiger partial charge in [0.2, 0.25) is 0 Å². The predicted octanol–water partition coefficient (Wildman–Crippen LogP) is -4.58. The Morgan fingerprint density at radius 1 is 0.576 bits per heavy atom. The maximum atomic E-state index is 11.1. The van der Waals surface area contributed by atoms with Crippen LogP contribution in [-0.4, -0.2) is 127 Å². The summed E-state index contributed by atoms with van der Waals surface area (Å²) in [5, 5.41) is 41.9. The first-order valence-electron chi connectivity index (χ1n) is 8.86. The molecule has 5 N–H and O–H groups in total. The molecule has 202 valence electrons. The molecule has 0 aromatic heterocycles. The van der Waals surface area contributed by atoms with Crippen LogP contribution in [0.2, 0.25) is 0 Å². The van der Waals surface area contributed by atoms with Crippen LogP contribution in [0.25, 0.3) is 12.3 Å². The van der Waals surface area contributed by atoms with Crippen molar-refractivity contribution in [2.45, 2.75) is 0 Å². The third kappa shape index (κ3) is 21.9. The largest absolute Gasteiger partial charge is 0.693 e. The predicted molar refractivity (Wildman–Crippen MR) is 105 cm³/mol. The Hall–Kier alpha value is -0.347. The first-order valence-corrected chi connectivity index (χ1v) is 8.86. The number of carbonyl (C=O) groups is 4. The quantitative estimate of drug-likeness (QED) is 0.229. The molecular weight excluding hydrogens is 769 g/mol. The van der Waals surface area contributed by atoms with E-state index in [2.05, 4.69) is 0 Å². The maximum Gasteiger partial charge on any atom is 0.317 e. The SMILES string of the molecule is O=C([O-])CN1CCN(CC(=O)[O-])CCN(CC(=O)O)CCN(CC(=O)[O-])CC1.[CH3-].[Gd].[NH2-].[NH2-].[Pt]. The van der Waals surface area contributed by atoms with Crippen LogP contribution in [0.3, 0.4) is 0 Å². The molecule has 1 heterocycles. The van der Waals surface area contributed by atoms with Gasteiger partial charge >= 0.3 is 5.97 Å². The molecule has 16 heteroatoms. The van der Waals surface area contributed by atoms with E-state index in [9.17, 15) is 34.5 Å². The molecule has 0 saturated carbocycles. The second-order valence-corrected chi connectivity index (χ2v) is 6.61. The van der Waals surface area contributed by atoms with E-state index in [1.54, 1.807) is 14.7 Å². The summed E-state index contributed by atoms with van der Waals surface area (Å²) in [5.41, 5.74) is 0. The van der Waals surface area contributed by atoms with Gasteiger partial charge in [-0.2, -0.15) is 0 Å². The fourth-order valence-corrected chi connectivity index (χ4v) is 2.95. The molecule has 33 heavy (non-hydrogen) atoms. The van der Waals surface area contributed by atoms with Crippen LogP contribution < -0.4 is 15.3 Å².